The first-order chi connectivity index (χ1) is 13.6. The van der Waals surface area contributed by atoms with Gasteiger partial charge in [0.2, 0.25) is 0 Å². The van der Waals surface area contributed by atoms with Crippen molar-refractivity contribution >= 4 is 11.9 Å². The van der Waals surface area contributed by atoms with Crippen molar-refractivity contribution in [3.05, 3.63) is 11.6 Å². The smallest absolute Gasteiger partial charge is 0.302 e. The second-order valence-electron chi connectivity index (χ2n) is 10.5. The quantitative estimate of drug-likeness (QED) is 0.436. The lowest BCUT2D eigenvalue weighted by Crippen LogP contribution is -2.52. The average Bonchev–Trinajstić information content (AvgIpc) is 2.62. The van der Waals surface area contributed by atoms with Crippen LogP contribution in [-0.4, -0.2) is 24.1 Å². The van der Waals surface area contributed by atoms with Gasteiger partial charge in [0, 0.05) is 13.8 Å². The van der Waals surface area contributed by atoms with Gasteiger partial charge >= 0.3 is 11.9 Å². The third-order valence-electron chi connectivity index (χ3n) is 8.81. The van der Waals surface area contributed by atoms with Crippen molar-refractivity contribution in [1.29, 1.82) is 0 Å². The molecule has 164 valence electrons. The van der Waals surface area contributed by atoms with Crippen LogP contribution in [0, 0.1) is 28.6 Å². The van der Waals surface area contributed by atoms with Crippen LogP contribution in [0.1, 0.15) is 92.9 Å². The Bertz CT molecular complexity index is 668. The summed E-state index contributed by atoms with van der Waals surface area (Å²) in [5.74, 6) is 1.12. The Morgan fingerprint density at radius 3 is 2.41 bits per heavy atom. The molecule has 0 N–H and O–H groups in total. The molecular weight excluding hydrogens is 364 g/mol. The Balaban J connectivity index is 1.86. The van der Waals surface area contributed by atoms with E-state index in [9.17, 15) is 9.59 Å². The Labute approximate surface area is 176 Å². The molecule has 0 aliphatic heterocycles. The molecule has 0 unspecified atom stereocenters. The number of rotatable bonds is 4. The number of carbonyl (C=O) groups excluding carboxylic acids is 2. The zero-order chi connectivity index (χ0) is 21.4. The van der Waals surface area contributed by atoms with E-state index in [1.165, 1.54) is 39.5 Å². The zero-order valence-electron chi connectivity index (χ0n) is 19.3. The van der Waals surface area contributed by atoms with E-state index in [0.29, 0.717) is 11.8 Å². The van der Waals surface area contributed by atoms with Crippen molar-refractivity contribution in [2.24, 2.45) is 28.6 Å². The van der Waals surface area contributed by atoms with Crippen molar-refractivity contribution in [1.82, 2.24) is 0 Å². The molecule has 0 amide bonds. The number of esters is 2. The summed E-state index contributed by atoms with van der Waals surface area (Å²) in [5, 5.41) is 0. The third kappa shape index (κ3) is 4.41. The molecule has 4 nitrogen and oxygen atoms in total. The van der Waals surface area contributed by atoms with Crippen LogP contribution in [0.5, 0.6) is 0 Å². The van der Waals surface area contributed by atoms with Crippen LogP contribution in [0.2, 0.25) is 0 Å². The highest BCUT2D eigenvalue weighted by Crippen LogP contribution is 2.62. The van der Waals surface area contributed by atoms with E-state index < -0.39 is 0 Å². The van der Waals surface area contributed by atoms with Crippen molar-refractivity contribution in [2.45, 2.75) is 105 Å². The van der Waals surface area contributed by atoms with Gasteiger partial charge in [-0.2, -0.15) is 0 Å². The van der Waals surface area contributed by atoms with Gasteiger partial charge < -0.3 is 9.47 Å². The minimum atomic E-state index is -0.211. The molecule has 3 aliphatic rings. The van der Waals surface area contributed by atoms with Gasteiger partial charge in [-0.15, -0.1) is 0 Å². The summed E-state index contributed by atoms with van der Waals surface area (Å²) in [6.07, 6.45) is 10.7. The Hall–Kier alpha value is -1.32. The van der Waals surface area contributed by atoms with Crippen LogP contribution in [0.25, 0.3) is 0 Å². The lowest BCUT2D eigenvalue weighted by atomic mass is 9.46. The topological polar surface area (TPSA) is 52.6 Å². The predicted octanol–water partition coefficient (Wildman–Crippen LogP) is 5.84. The van der Waals surface area contributed by atoms with Crippen LogP contribution in [0.4, 0.5) is 0 Å². The fourth-order valence-corrected chi connectivity index (χ4v) is 6.94. The monoisotopic (exact) mass is 404 g/mol. The van der Waals surface area contributed by atoms with Crippen LogP contribution < -0.4 is 0 Å². The highest BCUT2D eigenvalue weighted by atomic mass is 16.6. The van der Waals surface area contributed by atoms with Gasteiger partial charge in [0.1, 0.15) is 12.2 Å². The molecule has 0 aromatic rings. The molecule has 29 heavy (non-hydrogen) atoms. The van der Waals surface area contributed by atoms with Crippen molar-refractivity contribution in [3.63, 3.8) is 0 Å². The van der Waals surface area contributed by atoms with Crippen molar-refractivity contribution in [3.8, 4) is 0 Å². The Kier molecular flexibility index (Phi) is 6.50. The normalized spacial score (nSPS) is 42.4. The maximum atomic E-state index is 11.8. The first kappa shape index (κ1) is 22.4. The highest BCUT2D eigenvalue weighted by molar-refractivity contribution is 5.66. The van der Waals surface area contributed by atoms with Gasteiger partial charge in [-0.05, 0) is 86.9 Å². The SMILES string of the molecule is CC(=O)O[C@@H]1CC[C@H](OC(C)=O)[C@H](C[C@]2(C)[C@H]3CCC=C(C)[C@]3(C)CC[C@@H]2C)C1. The molecule has 0 aromatic heterocycles. The molecule has 0 bridgehead atoms. The minimum Gasteiger partial charge on any atom is -0.463 e. The van der Waals surface area contributed by atoms with Crippen LogP contribution in [0.15, 0.2) is 11.6 Å². The molecule has 3 aliphatic carbocycles. The van der Waals surface area contributed by atoms with E-state index in [2.05, 4.69) is 33.8 Å². The van der Waals surface area contributed by atoms with Gasteiger partial charge in [0.05, 0.1) is 0 Å². The second-order valence-corrected chi connectivity index (χ2v) is 10.5. The molecule has 3 rings (SSSR count). The predicted molar refractivity (Wildman–Crippen MR) is 114 cm³/mol. The van der Waals surface area contributed by atoms with E-state index in [4.69, 9.17) is 9.47 Å². The Morgan fingerprint density at radius 2 is 1.76 bits per heavy atom. The minimum absolute atomic E-state index is 0.0498. The summed E-state index contributed by atoms with van der Waals surface area (Å²) in [7, 11) is 0. The summed E-state index contributed by atoms with van der Waals surface area (Å²) in [6.45, 7) is 12.7. The van der Waals surface area contributed by atoms with Gasteiger partial charge in [0.15, 0.2) is 0 Å². The van der Waals surface area contributed by atoms with Gasteiger partial charge in [0.25, 0.3) is 0 Å². The molecule has 0 saturated heterocycles. The van der Waals surface area contributed by atoms with Gasteiger partial charge in [-0.25, -0.2) is 0 Å². The fourth-order valence-electron chi connectivity index (χ4n) is 6.94. The lowest BCUT2D eigenvalue weighted by molar-refractivity contribution is -0.163. The lowest BCUT2D eigenvalue weighted by Gasteiger charge is -2.59. The Morgan fingerprint density at radius 1 is 1.07 bits per heavy atom. The maximum Gasteiger partial charge on any atom is 0.302 e. The summed E-state index contributed by atoms with van der Waals surface area (Å²) in [5.41, 5.74) is 2.04. The number of allylic oxidation sites excluding steroid dienone is 2. The van der Waals surface area contributed by atoms with E-state index in [-0.39, 0.29) is 40.9 Å². The number of hydrogen-bond donors (Lipinski definition) is 0. The average molecular weight is 405 g/mol. The zero-order valence-corrected chi connectivity index (χ0v) is 19.3. The third-order valence-corrected chi connectivity index (χ3v) is 8.81. The summed E-state index contributed by atoms with van der Waals surface area (Å²) in [6, 6.07) is 0. The summed E-state index contributed by atoms with van der Waals surface area (Å²) >= 11 is 0. The van der Waals surface area contributed by atoms with E-state index in [0.717, 1.165) is 25.7 Å². The van der Waals surface area contributed by atoms with Gasteiger partial charge in [-0.1, -0.05) is 32.4 Å². The summed E-state index contributed by atoms with van der Waals surface area (Å²) < 4.78 is 11.3. The molecule has 2 fully saturated rings. The molecule has 4 heteroatoms. The standard InChI is InChI=1S/C25H40O4/c1-16-8-7-9-23-24(16,5)13-12-17(2)25(23,6)15-20-14-21(28-18(3)26)10-11-22(20)29-19(4)27/h8,17,20-23H,7,9-15H2,1-6H3/t17-,20-,21+,22-,23-,24-,25-/m0/s1. The van der Waals surface area contributed by atoms with Crippen molar-refractivity contribution in [2.75, 3.05) is 0 Å². The number of carbonyl (C=O) groups is 2. The van der Waals surface area contributed by atoms with Gasteiger partial charge in [-0.3, -0.25) is 9.59 Å². The van der Waals surface area contributed by atoms with E-state index in [1.807, 2.05) is 0 Å². The van der Waals surface area contributed by atoms with E-state index >= 15 is 0 Å². The number of fused-ring (bicyclic) bond motifs is 1. The summed E-state index contributed by atoms with van der Waals surface area (Å²) in [4.78, 5) is 23.3. The second kappa shape index (κ2) is 8.43. The number of hydrogen-bond acceptors (Lipinski definition) is 4. The molecule has 0 aromatic carbocycles. The molecule has 7 atom stereocenters. The molecule has 0 heterocycles. The maximum absolute atomic E-state index is 11.8. The molecule has 0 spiro atoms. The van der Waals surface area contributed by atoms with Crippen LogP contribution in [-0.2, 0) is 19.1 Å². The number of ether oxygens (including phenoxy) is 2. The fraction of sp³-hybridized carbons (Fsp3) is 0.840. The highest BCUT2D eigenvalue weighted by Gasteiger charge is 2.54. The first-order valence-corrected chi connectivity index (χ1v) is 11.6. The van der Waals surface area contributed by atoms with Crippen LogP contribution in [0.3, 0.4) is 0 Å². The molecule has 2 saturated carbocycles. The first-order valence-electron chi connectivity index (χ1n) is 11.6. The van der Waals surface area contributed by atoms with E-state index in [1.54, 1.807) is 5.57 Å². The molecular formula is C25H40O4. The molecule has 0 radical (unpaired) electrons. The van der Waals surface area contributed by atoms with Crippen molar-refractivity contribution < 1.29 is 19.1 Å². The van der Waals surface area contributed by atoms with Crippen LogP contribution >= 0.6 is 0 Å². The largest absolute Gasteiger partial charge is 0.463 e.